The van der Waals surface area contributed by atoms with Crippen LogP contribution < -0.4 is 4.90 Å². The summed E-state index contributed by atoms with van der Waals surface area (Å²) in [5.74, 6) is 0. The summed E-state index contributed by atoms with van der Waals surface area (Å²) in [4.78, 5) is 2.51. The van der Waals surface area contributed by atoms with Crippen molar-refractivity contribution in [3.05, 3.63) is 258 Å². The second kappa shape index (κ2) is 13.7. The lowest BCUT2D eigenvalue weighted by molar-refractivity contribution is 0.713. The molecule has 2 aliphatic rings. The first kappa shape index (κ1) is 35.0. The molecule has 2 aliphatic carbocycles. The van der Waals surface area contributed by atoms with Crippen LogP contribution in [0.5, 0.6) is 0 Å². The lowest BCUT2D eigenvalue weighted by atomic mass is 9.74. The average Bonchev–Trinajstić information content (AvgIpc) is 3.74. The Balaban J connectivity index is 1.12. The van der Waals surface area contributed by atoms with Gasteiger partial charge < -0.3 is 4.90 Å². The normalized spacial score (nSPS) is 17.1. The fraction of sp³-hybridized carbons (Fsp3) is 0.0690. The molecule has 59 heavy (non-hydrogen) atoms. The first-order valence-electron chi connectivity index (χ1n) is 20.7. The van der Waals surface area contributed by atoms with Crippen LogP contribution in [0.4, 0.5) is 17.1 Å². The van der Waals surface area contributed by atoms with Crippen molar-refractivity contribution < 1.29 is 0 Å². The Hall–Kier alpha value is -7.22. The highest BCUT2D eigenvalue weighted by molar-refractivity contribution is 5.97. The van der Waals surface area contributed by atoms with Crippen molar-refractivity contribution in [1.82, 2.24) is 0 Å². The van der Waals surface area contributed by atoms with Crippen LogP contribution in [0, 0.1) is 0 Å². The minimum atomic E-state index is -0.320. The maximum atomic E-state index is 2.51. The molecule has 0 aromatic heterocycles. The molecule has 2 unspecified atom stereocenters. The predicted molar refractivity (Wildman–Crippen MR) is 247 cm³/mol. The highest BCUT2D eigenvalue weighted by Crippen LogP contribution is 2.58. The number of nitrogens with zero attached hydrogens (tertiary/aromatic N) is 1. The molecule has 9 aromatic carbocycles. The van der Waals surface area contributed by atoms with Gasteiger partial charge in [-0.25, -0.2) is 0 Å². The van der Waals surface area contributed by atoms with Crippen LogP contribution in [-0.2, 0) is 10.8 Å². The lowest BCUT2D eigenvalue weighted by Gasteiger charge is -2.32. The largest absolute Gasteiger partial charge is 0.310 e. The van der Waals surface area contributed by atoms with Gasteiger partial charge in [-0.1, -0.05) is 188 Å². The molecule has 0 spiro atoms. The monoisotopic (exact) mass is 753 g/mol. The molecule has 0 N–H and O–H groups in total. The molecule has 0 saturated heterocycles. The van der Waals surface area contributed by atoms with Gasteiger partial charge in [-0.3, -0.25) is 0 Å². The molecule has 0 radical (unpaired) electrons. The molecule has 2 atom stereocenters. The quantitative estimate of drug-likeness (QED) is 0.157. The Labute approximate surface area is 347 Å². The molecule has 0 heterocycles. The first-order chi connectivity index (χ1) is 29.0. The van der Waals surface area contributed by atoms with E-state index in [1.54, 1.807) is 0 Å². The highest BCUT2D eigenvalue weighted by Gasteiger charge is 2.44. The smallest absolute Gasteiger partial charge is 0.0543 e. The SMILES string of the molecule is CC1(c2ccccc2)c2ccccc2-c2ccc(N(c3ccc(-c4cccc(-c5ccccc5)c4)cc3)c3cccc4c3-c3ccccc3C4(C)c3ccccc3)cc21. The Morgan fingerprint density at radius 3 is 1.42 bits per heavy atom. The van der Waals surface area contributed by atoms with Gasteiger partial charge in [0.2, 0.25) is 0 Å². The van der Waals surface area contributed by atoms with Gasteiger partial charge in [-0.2, -0.15) is 0 Å². The number of benzene rings is 9. The van der Waals surface area contributed by atoms with E-state index in [1.807, 2.05) is 0 Å². The summed E-state index contributed by atoms with van der Waals surface area (Å²) in [6, 6.07) is 82.8. The van der Waals surface area contributed by atoms with E-state index < -0.39 is 0 Å². The third kappa shape index (κ3) is 5.39. The summed E-state index contributed by atoms with van der Waals surface area (Å²) >= 11 is 0. The molecule has 0 fully saturated rings. The van der Waals surface area contributed by atoms with Crippen LogP contribution in [-0.4, -0.2) is 0 Å². The van der Waals surface area contributed by atoms with Gasteiger partial charge in [0.1, 0.15) is 0 Å². The fourth-order valence-corrected chi connectivity index (χ4v) is 10.2. The van der Waals surface area contributed by atoms with Gasteiger partial charge in [0.15, 0.2) is 0 Å². The molecule has 0 saturated carbocycles. The van der Waals surface area contributed by atoms with Crippen molar-refractivity contribution in [2.75, 3.05) is 4.90 Å². The fourth-order valence-electron chi connectivity index (χ4n) is 10.2. The zero-order valence-electron chi connectivity index (χ0n) is 33.3. The van der Waals surface area contributed by atoms with Gasteiger partial charge in [0.25, 0.3) is 0 Å². The van der Waals surface area contributed by atoms with Crippen molar-refractivity contribution in [2.24, 2.45) is 0 Å². The van der Waals surface area contributed by atoms with Crippen LogP contribution in [0.2, 0.25) is 0 Å². The summed E-state index contributed by atoms with van der Waals surface area (Å²) in [6.07, 6.45) is 0. The van der Waals surface area contributed by atoms with Crippen molar-refractivity contribution in [1.29, 1.82) is 0 Å². The molecular weight excluding hydrogens is 711 g/mol. The zero-order chi connectivity index (χ0) is 39.6. The van der Waals surface area contributed by atoms with Crippen LogP contribution in [0.25, 0.3) is 44.5 Å². The van der Waals surface area contributed by atoms with E-state index in [1.165, 1.54) is 83.6 Å². The van der Waals surface area contributed by atoms with Gasteiger partial charge in [0.05, 0.1) is 5.69 Å². The maximum Gasteiger partial charge on any atom is 0.0543 e. The standard InChI is InChI=1S/C58H43N/c1-57(44-22-8-4-9-23-44)52-29-15-13-27-50(52)56-53(57)30-17-31-55(56)59(46-34-32-41(33-35-46)43-21-16-20-42(38-43)40-18-6-3-7-19-40)47-36-37-49-48-26-12-14-28-51(48)58(2,54(49)39-47)45-24-10-5-11-25-45/h3-39H,1-2H3. The van der Waals surface area contributed by atoms with E-state index in [0.29, 0.717) is 0 Å². The molecule has 0 amide bonds. The van der Waals surface area contributed by atoms with E-state index >= 15 is 0 Å². The van der Waals surface area contributed by atoms with E-state index in [-0.39, 0.29) is 10.8 Å². The summed E-state index contributed by atoms with van der Waals surface area (Å²) in [6.45, 7) is 4.80. The number of anilines is 3. The Morgan fingerprint density at radius 2 is 0.763 bits per heavy atom. The molecular formula is C58H43N. The topological polar surface area (TPSA) is 3.24 Å². The summed E-state index contributed by atoms with van der Waals surface area (Å²) in [5, 5.41) is 0. The van der Waals surface area contributed by atoms with E-state index in [2.05, 4.69) is 243 Å². The molecule has 1 heteroatoms. The van der Waals surface area contributed by atoms with Gasteiger partial charge in [-0.05, 0) is 123 Å². The second-order valence-corrected chi connectivity index (χ2v) is 16.3. The Morgan fingerprint density at radius 1 is 0.305 bits per heavy atom. The number of hydrogen-bond acceptors (Lipinski definition) is 1. The molecule has 0 aliphatic heterocycles. The molecule has 11 rings (SSSR count). The van der Waals surface area contributed by atoms with Crippen LogP contribution in [0.15, 0.2) is 224 Å². The van der Waals surface area contributed by atoms with E-state index in [9.17, 15) is 0 Å². The van der Waals surface area contributed by atoms with E-state index in [0.717, 1.165) is 11.4 Å². The van der Waals surface area contributed by atoms with Gasteiger partial charge in [-0.15, -0.1) is 0 Å². The van der Waals surface area contributed by atoms with Gasteiger partial charge >= 0.3 is 0 Å². The third-order valence-electron chi connectivity index (χ3n) is 13.2. The first-order valence-corrected chi connectivity index (χ1v) is 20.7. The zero-order valence-corrected chi connectivity index (χ0v) is 33.3. The van der Waals surface area contributed by atoms with Crippen LogP contribution in [0.1, 0.15) is 47.2 Å². The molecule has 0 bridgehead atoms. The predicted octanol–water partition coefficient (Wildman–Crippen LogP) is 15.2. The lowest BCUT2D eigenvalue weighted by Crippen LogP contribution is -2.23. The molecule has 280 valence electrons. The third-order valence-corrected chi connectivity index (χ3v) is 13.2. The Bertz CT molecular complexity index is 3000. The van der Waals surface area contributed by atoms with Crippen molar-refractivity contribution >= 4 is 17.1 Å². The van der Waals surface area contributed by atoms with Crippen molar-refractivity contribution in [2.45, 2.75) is 24.7 Å². The summed E-state index contributed by atoms with van der Waals surface area (Å²) in [5.41, 5.74) is 20.7. The number of fused-ring (bicyclic) bond motifs is 6. The minimum Gasteiger partial charge on any atom is -0.310 e. The van der Waals surface area contributed by atoms with Crippen LogP contribution in [0.3, 0.4) is 0 Å². The number of rotatable bonds is 7. The highest BCUT2D eigenvalue weighted by atomic mass is 15.1. The van der Waals surface area contributed by atoms with E-state index in [4.69, 9.17) is 0 Å². The number of hydrogen-bond donors (Lipinski definition) is 0. The average molecular weight is 754 g/mol. The second-order valence-electron chi connectivity index (χ2n) is 16.3. The van der Waals surface area contributed by atoms with Crippen LogP contribution >= 0.6 is 0 Å². The summed E-state index contributed by atoms with van der Waals surface area (Å²) in [7, 11) is 0. The Kier molecular flexibility index (Phi) is 8.13. The van der Waals surface area contributed by atoms with Gasteiger partial charge in [0, 0.05) is 27.8 Å². The summed E-state index contributed by atoms with van der Waals surface area (Å²) < 4.78 is 0. The maximum absolute atomic E-state index is 2.51. The molecule has 9 aromatic rings. The van der Waals surface area contributed by atoms with Crippen molar-refractivity contribution in [3.8, 4) is 44.5 Å². The minimum absolute atomic E-state index is 0.312. The van der Waals surface area contributed by atoms with Crippen molar-refractivity contribution in [3.63, 3.8) is 0 Å². The molecule has 1 nitrogen and oxygen atoms in total.